The van der Waals surface area contributed by atoms with Crippen LogP contribution in [0.25, 0.3) is 0 Å². The van der Waals surface area contributed by atoms with Gasteiger partial charge >= 0.3 is 0 Å². The van der Waals surface area contributed by atoms with Crippen molar-refractivity contribution in [3.05, 3.63) is 0 Å². The van der Waals surface area contributed by atoms with Gasteiger partial charge in [0.2, 0.25) is 5.78 Å². The molecule has 1 atom stereocenters. The van der Waals surface area contributed by atoms with Crippen LogP contribution in [0.5, 0.6) is 0 Å². The first kappa shape index (κ1) is 11.2. The lowest BCUT2D eigenvalue weighted by Gasteiger charge is -2.27. The van der Waals surface area contributed by atoms with Crippen molar-refractivity contribution in [3.63, 3.8) is 0 Å². The van der Waals surface area contributed by atoms with Crippen LogP contribution in [0.3, 0.4) is 0 Å². The number of rotatable bonds is 3. The lowest BCUT2D eigenvalue weighted by atomic mass is 9.86. The zero-order chi connectivity index (χ0) is 9.78. The molecule has 68 valence electrons. The Kier molecular flexibility index (Phi) is 3.99. The summed E-state index contributed by atoms with van der Waals surface area (Å²) in [6.07, 6.45) is 4.54. The number of carbonyl (C=O) groups is 1. The Labute approximate surface area is 74.3 Å². The highest BCUT2D eigenvalue weighted by Gasteiger charge is 2.30. The molecular weight excluding hydrogens is 152 g/mol. The van der Waals surface area contributed by atoms with Crippen molar-refractivity contribution in [2.24, 2.45) is 5.41 Å². The number of hydrogen-bond acceptors (Lipinski definition) is 2. The third kappa shape index (κ3) is 3.06. The maximum atomic E-state index is 11.2. The average molecular weight is 168 g/mol. The van der Waals surface area contributed by atoms with E-state index < -0.39 is 6.10 Å². The highest BCUT2D eigenvalue weighted by atomic mass is 16.5. The van der Waals surface area contributed by atoms with E-state index in [4.69, 9.17) is 11.2 Å². The van der Waals surface area contributed by atoms with Crippen LogP contribution in [-0.2, 0) is 9.53 Å². The van der Waals surface area contributed by atoms with Crippen LogP contribution in [0.4, 0.5) is 0 Å². The standard InChI is InChI=1S/C10H16O2/c1-6-8(11)9(12-7-2)10(3,4)5/h1,9H,7H2,2-5H3. The molecule has 0 aliphatic rings. The number of hydrogen-bond donors (Lipinski definition) is 0. The largest absolute Gasteiger partial charge is 0.369 e. The van der Waals surface area contributed by atoms with Crippen LogP contribution in [0, 0.1) is 17.8 Å². The summed E-state index contributed by atoms with van der Waals surface area (Å²) in [5.74, 6) is 1.82. The Morgan fingerprint density at radius 1 is 1.58 bits per heavy atom. The quantitative estimate of drug-likeness (QED) is 0.473. The molecule has 0 heterocycles. The number of ketones is 1. The molecule has 0 saturated carbocycles. The van der Waals surface area contributed by atoms with Gasteiger partial charge in [0, 0.05) is 6.61 Å². The van der Waals surface area contributed by atoms with Gasteiger partial charge in [0.1, 0.15) is 6.10 Å². The van der Waals surface area contributed by atoms with Gasteiger partial charge in [0.25, 0.3) is 0 Å². The fourth-order valence-corrected chi connectivity index (χ4v) is 0.961. The lowest BCUT2D eigenvalue weighted by Crippen LogP contribution is -2.36. The fourth-order valence-electron chi connectivity index (χ4n) is 0.961. The summed E-state index contributed by atoms with van der Waals surface area (Å²) in [5.41, 5.74) is -0.223. The molecule has 0 rings (SSSR count). The first-order chi connectivity index (χ1) is 5.43. The number of terminal acetylenes is 1. The third-order valence-corrected chi connectivity index (χ3v) is 1.50. The van der Waals surface area contributed by atoms with Gasteiger partial charge in [0.05, 0.1) is 0 Å². The van der Waals surface area contributed by atoms with Crippen molar-refractivity contribution >= 4 is 5.78 Å². The normalized spacial score (nSPS) is 13.6. The van der Waals surface area contributed by atoms with Crippen LogP contribution in [0.1, 0.15) is 27.7 Å². The molecule has 0 aromatic carbocycles. The molecule has 0 aromatic heterocycles. The van der Waals surface area contributed by atoms with Gasteiger partial charge in [-0.2, -0.15) is 0 Å². The van der Waals surface area contributed by atoms with Crippen LogP contribution < -0.4 is 0 Å². The van der Waals surface area contributed by atoms with Crippen LogP contribution in [0.2, 0.25) is 0 Å². The molecule has 0 aliphatic carbocycles. The van der Waals surface area contributed by atoms with E-state index in [-0.39, 0.29) is 11.2 Å². The molecule has 0 fully saturated rings. The van der Waals surface area contributed by atoms with Crippen molar-refractivity contribution in [2.75, 3.05) is 6.61 Å². The molecular formula is C10H16O2. The Hall–Kier alpha value is -0.810. The highest BCUT2D eigenvalue weighted by molar-refractivity contribution is 5.98. The van der Waals surface area contributed by atoms with E-state index in [1.807, 2.05) is 27.7 Å². The second-order valence-electron chi connectivity index (χ2n) is 3.71. The molecule has 0 spiro atoms. The van der Waals surface area contributed by atoms with Gasteiger partial charge in [0.15, 0.2) is 0 Å². The predicted molar refractivity (Wildman–Crippen MR) is 48.7 cm³/mol. The molecule has 0 aromatic rings. The van der Waals surface area contributed by atoms with E-state index in [0.29, 0.717) is 6.61 Å². The Bertz CT molecular complexity index is 193. The minimum atomic E-state index is -0.479. The van der Waals surface area contributed by atoms with E-state index in [9.17, 15) is 4.79 Å². The topological polar surface area (TPSA) is 26.3 Å². The van der Waals surface area contributed by atoms with Crippen molar-refractivity contribution in [1.29, 1.82) is 0 Å². The van der Waals surface area contributed by atoms with E-state index in [0.717, 1.165) is 0 Å². The van der Waals surface area contributed by atoms with Crippen molar-refractivity contribution in [2.45, 2.75) is 33.8 Å². The van der Waals surface area contributed by atoms with Gasteiger partial charge in [-0.15, -0.1) is 6.42 Å². The molecule has 0 bridgehead atoms. The average Bonchev–Trinajstić information content (AvgIpc) is 1.96. The van der Waals surface area contributed by atoms with Gasteiger partial charge < -0.3 is 4.74 Å². The van der Waals surface area contributed by atoms with Gasteiger partial charge in [-0.1, -0.05) is 20.8 Å². The summed E-state index contributed by atoms with van der Waals surface area (Å²) in [7, 11) is 0. The third-order valence-electron chi connectivity index (χ3n) is 1.50. The number of carbonyl (C=O) groups excluding carboxylic acids is 1. The van der Waals surface area contributed by atoms with E-state index in [2.05, 4.69) is 5.92 Å². The minimum Gasteiger partial charge on any atom is -0.369 e. The molecule has 12 heavy (non-hydrogen) atoms. The SMILES string of the molecule is C#CC(=O)C(OCC)C(C)(C)C. The maximum absolute atomic E-state index is 11.2. The van der Waals surface area contributed by atoms with Gasteiger partial charge in [-0.05, 0) is 18.3 Å². The smallest absolute Gasteiger partial charge is 0.234 e. The first-order valence-electron chi connectivity index (χ1n) is 4.05. The number of ether oxygens (including phenoxy) is 1. The minimum absolute atomic E-state index is 0.223. The van der Waals surface area contributed by atoms with Crippen LogP contribution >= 0.6 is 0 Å². The molecule has 0 N–H and O–H groups in total. The summed E-state index contributed by atoms with van der Waals surface area (Å²) in [6, 6.07) is 0. The van der Waals surface area contributed by atoms with Gasteiger partial charge in [-0.25, -0.2) is 0 Å². The molecule has 0 radical (unpaired) electrons. The Morgan fingerprint density at radius 3 is 2.33 bits per heavy atom. The monoisotopic (exact) mass is 168 g/mol. The second-order valence-corrected chi connectivity index (χ2v) is 3.71. The lowest BCUT2D eigenvalue weighted by molar-refractivity contribution is -0.131. The van der Waals surface area contributed by atoms with Crippen LogP contribution in [0.15, 0.2) is 0 Å². The summed E-state index contributed by atoms with van der Waals surface area (Å²) in [4.78, 5) is 11.2. The van der Waals surface area contributed by atoms with Gasteiger partial charge in [-0.3, -0.25) is 4.79 Å². The summed E-state index contributed by atoms with van der Waals surface area (Å²) in [5, 5.41) is 0. The molecule has 0 amide bonds. The maximum Gasteiger partial charge on any atom is 0.234 e. The predicted octanol–water partition coefficient (Wildman–Crippen LogP) is 1.64. The second kappa shape index (κ2) is 4.27. The zero-order valence-electron chi connectivity index (χ0n) is 8.18. The van der Waals surface area contributed by atoms with Crippen molar-refractivity contribution < 1.29 is 9.53 Å². The Morgan fingerprint density at radius 2 is 2.08 bits per heavy atom. The molecule has 2 heteroatoms. The first-order valence-corrected chi connectivity index (χ1v) is 4.05. The molecule has 2 nitrogen and oxygen atoms in total. The fraction of sp³-hybridized carbons (Fsp3) is 0.700. The Balaban J connectivity index is 4.47. The summed E-state index contributed by atoms with van der Waals surface area (Å²) >= 11 is 0. The summed E-state index contributed by atoms with van der Waals surface area (Å²) < 4.78 is 5.27. The molecule has 1 unspecified atom stereocenters. The highest BCUT2D eigenvalue weighted by Crippen LogP contribution is 2.22. The van der Waals surface area contributed by atoms with Crippen molar-refractivity contribution in [1.82, 2.24) is 0 Å². The van der Waals surface area contributed by atoms with E-state index >= 15 is 0 Å². The van der Waals surface area contributed by atoms with E-state index in [1.54, 1.807) is 0 Å². The van der Waals surface area contributed by atoms with E-state index in [1.165, 1.54) is 0 Å². The van der Waals surface area contributed by atoms with Crippen LogP contribution in [-0.4, -0.2) is 18.5 Å². The van der Waals surface area contributed by atoms with Crippen molar-refractivity contribution in [3.8, 4) is 12.3 Å². The molecule has 0 saturated heterocycles. The zero-order valence-corrected chi connectivity index (χ0v) is 8.18. The molecule has 0 aliphatic heterocycles. The number of Topliss-reactive ketones (excluding diaryl/α,β-unsaturated/α-hetero) is 1. The summed E-state index contributed by atoms with van der Waals surface area (Å²) in [6.45, 7) is 8.16.